The van der Waals surface area contributed by atoms with Gasteiger partial charge in [-0.1, -0.05) is 64.5 Å². The van der Waals surface area contributed by atoms with Gasteiger partial charge >= 0.3 is 12.4 Å². The van der Waals surface area contributed by atoms with Crippen LogP contribution in [-0.4, -0.2) is 68.5 Å². The van der Waals surface area contributed by atoms with Gasteiger partial charge in [-0.05, 0) is 25.0 Å². The molecule has 2 unspecified atom stereocenters. The third-order valence-corrected chi connectivity index (χ3v) is 6.33. The molecule has 1 aromatic carbocycles. The number of nitrogens with zero attached hydrogens (tertiary/aromatic N) is 2. The molecule has 1 aliphatic heterocycles. The smallest absolute Gasteiger partial charge is 0.422 e. The minimum absolute atomic E-state index is 0.0379. The van der Waals surface area contributed by atoms with E-state index in [1.165, 1.54) is 0 Å². The van der Waals surface area contributed by atoms with Crippen LogP contribution in [0.25, 0.3) is 0 Å². The number of guanidine groups is 1. The molecular formula is C28H30BrF6N3O5. The highest BCUT2D eigenvalue weighted by atomic mass is 79.9. The molecule has 1 heterocycles. The fraction of sp³-hybridized carbons (Fsp3) is 0.429. The van der Waals surface area contributed by atoms with Crippen molar-refractivity contribution in [3.63, 3.8) is 0 Å². The van der Waals surface area contributed by atoms with E-state index in [4.69, 9.17) is 18.9 Å². The molecule has 0 bridgehead atoms. The molecule has 1 amide bonds. The first-order valence-corrected chi connectivity index (χ1v) is 13.8. The summed E-state index contributed by atoms with van der Waals surface area (Å²) in [6.07, 6.45) is -3.03. The Morgan fingerprint density at radius 3 is 2.47 bits per heavy atom. The standard InChI is InChI=1S/C28H30BrF6N3O5/c1-2-40-13-12-22(20-8-10-21(29)11-9-20)25(39)38(18-41-15-19-6-4-3-5-7-19)26-36-23(42-16-27(30,31)32)14-24(37-26)43-17-28(33,34)35/h3-8,10-12,14,20,23H,2,9,13,15-18H2,1H3,(H,36,37)/b22-12-. The van der Waals surface area contributed by atoms with E-state index in [2.05, 4.69) is 26.2 Å². The van der Waals surface area contributed by atoms with E-state index in [9.17, 15) is 31.1 Å². The summed E-state index contributed by atoms with van der Waals surface area (Å²) >= 11 is 3.38. The van der Waals surface area contributed by atoms with Crippen molar-refractivity contribution in [2.24, 2.45) is 10.9 Å². The number of halogens is 7. The van der Waals surface area contributed by atoms with Crippen LogP contribution in [0.2, 0.25) is 0 Å². The van der Waals surface area contributed by atoms with Crippen LogP contribution in [-0.2, 0) is 30.3 Å². The van der Waals surface area contributed by atoms with E-state index in [0.29, 0.717) is 13.0 Å². The van der Waals surface area contributed by atoms with E-state index in [-0.39, 0.29) is 18.8 Å². The van der Waals surface area contributed by atoms with Gasteiger partial charge in [0, 0.05) is 28.7 Å². The van der Waals surface area contributed by atoms with Crippen LogP contribution in [0.4, 0.5) is 26.3 Å². The van der Waals surface area contributed by atoms with Crippen LogP contribution in [0, 0.1) is 5.92 Å². The number of carbonyl (C=O) groups excluding carboxylic acids is 1. The number of alkyl halides is 6. The molecule has 236 valence electrons. The number of aliphatic imine (C=N–C) groups is 1. The van der Waals surface area contributed by atoms with E-state index in [1.54, 1.807) is 55.5 Å². The van der Waals surface area contributed by atoms with Crippen molar-refractivity contribution in [1.82, 2.24) is 10.2 Å². The Labute approximate surface area is 252 Å². The number of carbonyl (C=O) groups is 1. The Morgan fingerprint density at radius 1 is 1.12 bits per heavy atom. The fourth-order valence-electron chi connectivity index (χ4n) is 3.81. The second kappa shape index (κ2) is 16.1. The van der Waals surface area contributed by atoms with Crippen LogP contribution in [0.3, 0.4) is 0 Å². The molecule has 3 rings (SSSR count). The lowest BCUT2D eigenvalue weighted by molar-refractivity contribution is -0.181. The second-order valence-electron chi connectivity index (χ2n) is 9.13. The minimum atomic E-state index is -4.75. The van der Waals surface area contributed by atoms with Crippen LogP contribution in [0.1, 0.15) is 18.9 Å². The molecule has 0 fully saturated rings. The summed E-state index contributed by atoms with van der Waals surface area (Å²) in [5, 5.41) is 2.47. The zero-order valence-electron chi connectivity index (χ0n) is 23.0. The summed E-state index contributed by atoms with van der Waals surface area (Å²) in [4.78, 5) is 19.1. The van der Waals surface area contributed by atoms with Crippen molar-refractivity contribution in [2.45, 2.75) is 38.5 Å². The van der Waals surface area contributed by atoms with Crippen LogP contribution >= 0.6 is 15.9 Å². The van der Waals surface area contributed by atoms with Crippen molar-refractivity contribution in [1.29, 1.82) is 0 Å². The van der Waals surface area contributed by atoms with Crippen LogP contribution in [0.15, 0.2) is 81.6 Å². The third kappa shape index (κ3) is 12.2. The van der Waals surface area contributed by atoms with Gasteiger partial charge in [0.2, 0.25) is 5.96 Å². The molecule has 2 atom stereocenters. The summed E-state index contributed by atoms with van der Waals surface area (Å²) in [5.74, 6) is -2.13. The third-order valence-electron chi connectivity index (χ3n) is 5.75. The number of amides is 1. The van der Waals surface area contributed by atoms with E-state index in [1.807, 2.05) is 6.08 Å². The number of rotatable bonds is 13. The molecule has 15 heteroatoms. The molecule has 0 aromatic heterocycles. The average Bonchev–Trinajstić information content (AvgIpc) is 2.95. The van der Waals surface area contributed by atoms with Gasteiger partial charge in [0.1, 0.15) is 13.3 Å². The molecule has 1 N–H and O–H groups in total. The highest BCUT2D eigenvalue weighted by Crippen LogP contribution is 2.28. The lowest BCUT2D eigenvalue weighted by Gasteiger charge is -2.31. The Balaban J connectivity index is 1.95. The van der Waals surface area contributed by atoms with E-state index in [0.717, 1.165) is 21.0 Å². The highest BCUT2D eigenvalue weighted by Gasteiger charge is 2.35. The minimum Gasteiger partial charge on any atom is -0.469 e. The van der Waals surface area contributed by atoms with Gasteiger partial charge < -0.3 is 18.9 Å². The predicted molar refractivity (Wildman–Crippen MR) is 148 cm³/mol. The molecule has 0 spiro atoms. The van der Waals surface area contributed by atoms with Crippen molar-refractivity contribution in [3.8, 4) is 0 Å². The molecule has 1 aliphatic carbocycles. The Kier molecular flexibility index (Phi) is 12.8. The van der Waals surface area contributed by atoms with Gasteiger partial charge in [-0.3, -0.25) is 15.0 Å². The molecular weight excluding hydrogens is 652 g/mol. The Bertz CT molecular complexity index is 1230. The maximum atomic E-state index is 14.1. The van der Waals surface area contributed by atoms with Gasteiger partial charge in [-0.25, -0.2) is 4.99 Å². The predicted octanol–water partition coefficient (Wildman–Crippen LogP) is 6.09. The van der Waals surface area contributed by atoms with Crippen molar-refractivity contribution in [3.05, 3.63) is 82.2 Å². The highest BCUT2D eigenvalue weighted by molar-refractivity contribution is 9.11. The Hall–Kier alpha value is -3.14. The monoisotopic (exact) mass is 681 g/mol. The maximum Gasteiger partial charge on any atom is 0.422 e. The summed E-state index contributed by atoms with van der Waals surface area (Å²) in [7, 11) is 0. The number of hydrogen-bond acceptors (Lipinski definition) is 7. The molecule has 8 nitrogen and oxygen atoms in total. The zero-order valence-corrected chi connectivity index (χ0v) is 24.5. The zero-order chi connectivity index (χ0) is 31.5. The summed E-state index contributed by atoms with van der Waals surface area (Å²) in [6, 6.07) is 8.92. The fourth-order valence-corrected chi connectivity index (χ4v) is 4.15. The van der Waals surface area contributed by atoms with Crippen molar-refractivity contribution < 1.29 is 50.1 Å². The lowest BCUT2D eigenvalue weighted by atomic mass is 9.91. The largest absolute Gasteiger partial charge is 0.469 e. The van der Waals surface area contributed by atoms with Crippen molar-refractivity contribution >= 4 is 27.8 Å². The number of nitrogens with one attached hydrogen (secondary N) is 1. The van der Waals surface area contributed by atoms with Crippen LogP contribution < -0.4 is 5.32 Å². The molecule has 0 saturated carbocycles. The van der Waals surface area contributed by atoms with Gasteiger partial charge in [0.25, 0.3) is 5.91 Å². The molecule has 0 saturated heterocycles. The van der Waals surface area contributed by atoms with Gasteiger partial charge in [-0.15, -0.1) is 0 Å². The van der Waals surface area contributed by atoms with E-state index < -0.39 is 62.2 Å². The normalized spacial score (nSPS) is 19.3. The molecule has 1 aromatic rings. The summed E-state index contributed by atoms with van der Waals surface area (Å²) in [5.41, 5.74) is 1.00. The number of benzene rings is 1. The molecule has 43 heavy (non-hydrogen) atoms. The number of hydrogen-bond donors (Lipinski definition) is 1. The van der Waals surface area contributed by atoms with Gasteiger partial charge in [0.05, 0.1) is 13.2 Å². The van der Waals surface area contributed by atoms with Crippen LogP contribution in [0.5, 0.6) is 0 Å². The maximum absolute atomic E-state index is 14.1. The first-order valence-electron chi connectivity index (χ1n) is 13.0. The van der Waals surface area contributed by atoms with Gasteiger partial charge in [-0.2, -0.15) is 26.3 Å². The molecule has 2 aliphatic rings. The summed E-state index contributed by atoms with van der Waals surface area (Å²) in [6.45, 7) is -1.72. The SMILES string of the molecule is CCOC/C=C(\C(=O)N(COCc1ccccc1)C1=NC(OCC(F)(F)F)C=C(OCC(F)(F)F)N1)C1C=CC(Br)=CC1. The van der Waals surface area contributed by atoms with E-state index >= 15 is 0 Å². The second-order valence-corrected chi connectivity index (χ2v) is 10.1. The quantitative estimate of drug-likeness (QED) is 0.117. The topological polar surface area (TPSA) is 81.6 Å². The van der Waals surface area contributed by atoms with Crippen molar-refractivity contribution in [2.75, 3.05) is 33.2 Å². The average molecular weight is 682 g/mol. The number of allylic oxidation sites excluding steroid dienone is 4. The number of ether oxygens (including phenoxy) is 4. The molecule has 0 radical (unpaired) electrons. The first kappa shape index (κ1) is 34.4. The lowest BCUT2D eigenvalue weighted by Crippen LogP contribution is -2.50. The Morgan fingerprint density at radius 2 is 1.84 bits per heavy atom. The first-order chi connectivity index (χ1) is 20.3. The summed E-state index contributed by atoms with van der Waals surface area (Å²) < 4.78 is 98.9. The van der Waals surface area contributed by atoms with Gasteiger partial charge in [0.15, 0.2) is 18.7 Å².